The van der Waals surface area contributed by atoms with Gasteiger partial charge in [0.15, 0.2) is 0 Å². The van der Waals surface area contributed by atoms with Gasteiger partial charge in [0.2, 0.25) is 0 Å². The highest BCUT2D eigenvalue weighted by Gasteiger charge is 2.38. The van der Waals surface area contributed by atoms with Crippen molar-refractivity contribution in [2.75, 3.05) is 6.54 Å². The van der Waals surface area contributed by atoms with Gasteiger partial charge >= 0.3 is 6.18 Å². The molecule has 0 aromatic heterocycles. The Kier molecular flexibility index (Phi) is 3.58. The van der Waals surface area contributed by atoms with E-state index < -0.39 is 12.7 Å². The van der Waals surface area contributed by atoms with Crippen molar-refractivity contribution < 1.29 is 13.2 Å². The quantitative estimate of drug-likeness (QED) is 0.825. The van der Waals surface area contributed by atoms with Crippen molar-refractivity contribution in [2.24, 2.45) is 0 Å². The van der Waals surface area contributed by atoms with Crippen LogP contribution < -0.4 is 0 Å². The molecule has 0 N–H and O–H groups in total. The van der Waals surface area contributed by atoms with Gasteiger partial charge in [-0.1, -0.05) is 18.2 Å². The van der Waals surface area contributed by atoms with Gasteiger partial charge < -0.3 is 0 Å². The van der Waals surface area contributed by atoms with E-state index in [4.69, 9.17) is 5.26 Å². The largest absolute Gasteiger partial charge is 0.401 e. The van der Waals surface area contributed by atoms with Gasteiger partial charge in [-0.15, -0.1) is 0 Å². The Morgan fingerprint density at radius 1 is 1.28 bits per heavy atom. The summed E-state index contributed by atoms with van der Waals surface area (Å²) in [6, 6.07) is 8.83. The average molecular weight is 254 g/mol. The second-order valence-electron chi connectivity index (χ2n) is 4.52. The van der Waals surface area contributed by atoms with E-state index in [-0.39, 0.29) is 12.6 Å². The van der Waals surface area contributed by atoms with E-state index >= 15 is 0 Å². The molecule has 18 heavy (non-hydrogen) atoms. The smallest absolute Gasteiger partial charge is 0.288 e. The number of nitriles is 1. The molecule has 0 aliphatic heterocycles. The highest BCUT2D eigenvalue weighted by atomic mass is 19.4. The first-order valence-electron chi connectivity index (χ1n) is 5.78. The highest BCUT2D eigenvalue weighted by molar-refractivity contribution is 5.37. The molecule has 1 aliphatic carbocycles. The first-order chi connectivity index (χ1) is 8.49. The molecule has 96 valence electrons. The van der Waals surface area contributed by atoms with Gasteiger partial charge in [-0.05, 0) is 24.5 Å². The predicted octanol–water partition coefficient (Wildman–Crippen LogP) is 3.08. The van der Waals surface area contributed by atoms with Crippen LogP contribution in [-0.4, -0.2) is 23.7 Å². The normalized spacial score (nSPS) is 15.7. The lowest BCUT2D eigenvalue weighted by Crippen LogP contribution is -2.35. The lowest BCUT2D eigenvalue weighted by atomic mass is 10.1. The first kappa shape index (κ1) is 12.9. The molecule has 1 aromatic rings. The fraction of sp³-hybridized carbons (Fsp3) is 0.462. The standard InChI is InChI=1S/C13H13F3N2/c14-13(15,16)9-18(12-5-6-12)8-11-4-2-1-3-10(11)7-17/h1-4,12H,5-6,8-9H2. The predicted molar refractivity (Wildman–Crippen MR) is 60.6 cm³/mol. The van der Waals surface area contributed by atoms with Crippen molar-refractivity contribution in [1.29, 1.82) is 5.26 Å². The summed E-state index contributed by atoms with van der Waals surface area (Å²) in [5, 5.41) is 8.93. The number of hydrogen-bond acceptors (Lipinski definition) is 2. The summed E-state index contributed by atoms with van der Waals surface area (Å²) in [5.74, 6) is 0. The van der Waals surface area contributed by atoms with Crippen molar-refractivity contribution in [3.63, 3.8) is 0 Å². The Labute approximate surface area is 104 Å². The van der Waals surface area contributed by atoms with Crippen LogP contribution in [0.1, 0.15) is 24.0 Å². The summed E-state index contributed by atoms with van der Waals surface area (Å²) in [6.45, 7) is -0.717. The van der Waals surface area contributed by atoms with Crippen LogP contribution >= 0.6 is 0 Å². The van der Waals surface area contributed by atoms with Crippen molar-refractivity contribution in [2.45, 2.75) is 31.6 Å². The van der Waals surface area contributed by atoms with Crippen LogP contribution in [0.4, 0.5) is 13.2 Å². The van der Waals surface area contributed by atoms with E-state index in [1.54, 1.807) is 24.3 Å². The van der Waals surface area contributed by atoms with Crippen LogP contribution in [0.2, 0.25) is 0 Å². The van der Waals surface area contributed by atoms with Crippen molar-refractivity contribution >= 4 is 0 Å². The van der Waals surface area contributed by atoms with E-state index in [2.05, 4.69) is 0 Å². The van der Waals surface area contributed by atoms with Crippen LogP contribution in [0.15, 0.2) is 24.3 Å². The van der Waals surface area contributed by atoms with E-state index in [1.807, 2.05) is 6.07 Å². The number of benzene rings is 1. The number of alkyl halides is 3. The lowest BCUT2D eigenvalue weighted by molar-refractivity contribution is -0.148. The number of rotatable bonds is 4. The molecule has 1 aliphatic rings. The van der Waals surface area contributed by atoms with Crippen LogP contribution in [0.3, 0.4) is 0 Å². The maximum absolute atomic E-state index is 12.5. The Morgan fingerprint density at radius 3 is 2.50 bits per heavy atom. The summed E-state index contributed by atoms with van der Waals surface area (Å²) in [6.07, 6.45) is -2.57. The molecule has 0 unspecified atom stereocenters. The minimum atomic E-state index is -4.19. The Bertz CT molecular complexity index is 458. The van der Waals surface area contributed by atoms with Gasteiger partial charge in [0.1, 0.15) is 0 Å². The van der Waals surface area contributed by atoms with Gasteiger partial charge in [-0.3, -0.25) is 4.90 Å². The number of halogens is 3. The van der Waals surface area contributed by atoms with Crippen molar-refractivity contribution in [3.05, 3.63) is 35.4 Å². The molecule has 0 spiro atoms. The summed E-state index contributed by atoms with van der Waals surface area (Å²) < 4.78 is 37.4. The highest BCUT2D eigenvalue weighted by Crippen LogP contribution is 2.31. The van der Waals surface area contributed by atoms with Crippen molar-refractivity contribution in [3.8, 4) is 6.07 Å². The SMILES string of the molecule is N#Cc1ccccc1CN(CC(F)(F)F)C1CC1. The zero-order valence-electron chi connectivity index (χ0n) is 9.74. The van der Waals surface area contributed by atoms with E-state index in [1.165, 1.54) is 4.90 Å². The molecule has 1 fully saturated rings. The van der Waals surface area contributed by atoms with Gasteiger partial charge in [0.05, 0.1) is 18.2 Å². The van der Waals surface area contributed by atoms with Crippen LogP contribution in [-0.2, 0) is 6.54 Å². The zero-order chi connectivity index (χ0) is 13.2. The minimum Gasteiger partial charge on any atom is -0.288 e. The molecule has 0 amide bonds. The van der Waals surface area contributed by atoms with Gasteiger partial charge in [0.25, 0.3) is 0 Å². The number of nitrogens with zero attached hydrogens (tertiary/aromatic N) is 2. The van der Waals surface area contributed by atoms with Gasteiger partial charge in [0, 0.05) is 12.6 Å². The van der Waals surface area contributed by atoms with Crippen molar-refractivity contribution in [1.82, 2.24) is 4.90 Å². The Morgan fingerprint density at radius 2 is 1.94 bits per heavy atom. The van der Waals surface area contributed by atoms with E-state index in [9.17, 15) is 13.2 Å². The maximum Gasteiger partial charge on any atom is 0.401 e. The van der Waals surface area contributed by atoms with Gasteiger partial charge in [-0.2, -0.15) is 18.4 Å². The summed E-state index contributed by atoms with van der Waals surface area (Å²) in [7, 11) is 0. The lowest BCUT2D eigenvalue weighted by Gasteiger charge is -2.23. The fourth-order valence-electron chi connectivity index (χ4n) is 1.97. The third-order valence-corrected chi connectivity index (χ3v) is 2.96. The molecule has 2 rings (SSSR count). The molecular formula is C13H13F3N2. The third kappa shape index (κ3) is 3.47. The monoisotopic (exact) mass is 254 g/mol. The van der Waals surface area contributed by atoms with Crippen LogP contribution in [0.25, 0.3) is 0 Å². The zero-order valence-corrected chi connectivity index (χ0v) is 9.74. The van der Waals surface area contributed by atoms with Crippen LogP contribution in [0, 0.1) is 11.3 Å². The fourth-order valence-corrected chi connectivity index (χ4v) is 1.97. The summed E-state index contributed by atoms with van der Waals surface area (Å²) in [5.41, 5.74) is 1.11. The second-order valence-corrected chi connectivity index (χ2v) is 4.52. The summed E-state index contributed by atoms with van der Waals surface area (Å²) in [4.78, 5) is 1.41. The molecule has 2 nitrogen and oxygen atoms in total. The molecule has 0 saturated heterocycles. The van der Waals surface area contributed by atoms with E-state index in [0.29, 0.717) is 11.1 Å². The molecule has 5 heteroatoms. The Hall–Kier alpha value is -1.54. The Balaban J connectivity index is 2.11. The van der Waals surface area contributed by atoms with E-state index in [0.717, 1.165) is 12.8 Å². The topological polar surface area (TPSA) is 27.0 Å². The summed E-state index contributed by atoms with van der Waals surface area (Å²) >= 11 is 0. The maximum atomic E-state index is 12.5. The molecule has 0 atom stereocenters. The van der Waals surface area contributed by atoms with Crippen LogP contribution in [0.5, 0.6) is 0 Å². The molecule has 1 aromatic carbocycles. The van der Waals surface area contributed by atoms with Gasteiger partial charge in [-0.25, -0.2) is 0 Å². The third-order valence-electron chi connectivity index (χ3n) is 2.96. The number of hydrogen-bond donors (Lipinski definition) is 0. The first-order valence-corrected chi connectivity index (χ1v) is 5.78. The second kappa shape index (κ2) is 4.99. The molecular weight excluding hydrogens is 241 g/mol. The molecule has 0 heterocycles. The molecule has 0 bridgehead atoms. The molecule has 1 saturated carbocycles. The molecule has 0 radical (unpaired) electrons. The average Bonchev–Trinajstić information content (AvgIpc) is 3.11. The minimum absolute atomic E-state index is 0.0124.